The normalized spacial score (nSPS) is 13.8. The minimum absolute atomic E-state index is 0.185. The van der Waals surface area contributed by atoms with Crippen molar-refractivity contribution >= 4 is 34.4 Å². The molecule has 0 N–H and O–H groups in total. The maximum atomic E-state index is 12.1. The first-order chi connectivity index (χ1) is 9.68. The molecule has 20 heavy (non-hydrogen) atoms. The van der Waals surface area contributed by atoms with Crippen LogP contribution in [0.15, 0.2) is 48.5 Å². The summed E-state index contributed by atoms with van der Waals surface area (Å²) in [6.45, 7) is 0.185. The van der Waals surface area contributed by atoms with Crippen LogP contribution in [0.25, 0.3) is 0 Å². The number of hydroxylamine groups is 2. The Morgan fingerprint density at radius 1 is 0.900 bits per heavy atom. The largest absolute Gasteiger partial charge is 0.285 e. The molecule has 0 atom stereocenters. The smallest absolute Gasteiger partial charge is 0.266 e. The molecule has 2 aromatic carbocycles. The van der Waals surface area contributed by atoms with Gasteiger partial charge in [-0.15, -0.1) is 5.06 Å². The molecular formula is C15H10INO3. The fraction of sp³-hybridized carbons (Fsp3) is 0.0667. The van der Waals surface area contributed by atoms with Gasteiger partial charge in [-0.25, -0.2) is 0 Å². The molecule has 0 radical (unpaired) electrons. The predicted molar refractivity (Wildman–Crippen MR) is 80.9 cm³/mol. The quantitative estimate of drug-likeness (QED) is 0.609. The van der Waals surface area contributed by atoms with Crippen LogP contribution < -0.4 is 0 Å². The lowest BCUT2D eigenvalue weighted by Crippen LogP contribution is -2.29. The topological polar surface area (TPSA) is 46.6 Å². The molecule has 1 heterocycles. The van der Waals surface area contributed by atoms with Crippen LogP contribution in [0.5, 0.6) is 0 Å². The summed E-state index contributed by atoms with van der Waals surface area (Å²) < 4.78 is 1.03. The Balaban J connectivity index is 1.79. The summed E-state index contributed by atoms with van der Waals surface area (Å²) in [5.41, 5.74) is 1.71. The zero-order valence-corrected chi connectivity index (χ0v) is 12.5. The van der Waals surface area contributed by atoms with Gasteiger partial charge < -0.3 is 0 Å². The predicted octanol–water partition coefficient (Wildman–Crippen LogP) is 3.02. The molecule has 0 saturated heterocycles. The third-order valence-corrected chi connectivity index (χ3v) is 4.12. The van der Waals surface area contributed by atoms with Crippen LogP contribution in [-0.2, 0) is 11.4 Å². The van der Waals surface area contributed by atoms with Crippen molar-refractivity contribution in [3.63, 3.8) is 0 Å². The fourth-order valence-corrected chi connectivity index (χ4v) is 2.58. The standard InChI is InChI=1S/C15H10INO3/c16-13-8-4-1-5-10(13)9-20-17-14(18)11-6-2-3-7-12(11)15(17)19/h1-8H,9H2. The molecule has 2 amide bonds. The van der Waals surface area contributed by atoms with Gasteiger partial charge in [0.1, 0.15) is 6.61 Å². The summed E-state index contributed by atoms with van der Waals surface area (Å²) in [4.78, 5) is 29.6. The first-order valence-corrected chi connectivity index (χ1v) is 7.10. The van der Waals surface area contributed by atoms with Crippen molar-refractivity contribution in [3.8, 4) is 0 Å². The van der Waals surface area contributed by atoms with E-state index in [1.807, 2.05) is 24.3 Å². The second kappa shape index (κ2) is 5.34. The summed E-state index contributed by atoms with van der Waals surface area (Å²) in [6, 6.07) is 14.4. The van der Waals surface area contributed by atoms with Gasteiger partial charge in [-0.2, -0.15) is 0 Å². The zero-order valence-electron chi connectivity index (χ0n) is 10.4. The molecule has 100 valence electrons. The van der Waals surface area contributed by atoms with Crippen molar-refractivity contribution in [3.05, 3.63) is 68.8 Å². The molecule has 0 aliphatic carbocycles. The number of rotatable bonds is 3. The zero-order chi connectivity index (χ0) is 14.1. The fourth-order valence-electron chi connectivity index (χ4n) is 2.03. The number of hydrogen-bond donors (Lipinski definition) is 0. The lowest BCUT2D eigenvalue weighted by Gasteiger charge is -2.13. The molecule has 3 rings (SSSR count). The molecule has 0 fully saturated rings. The van der Waals surface area contributed by atoms with E-state index in [1.54, 1.807) is 24.3 Å². The van der Waals surface area contributed by atoms with Gasteiger partial charge in [0.05, 0.1) is 11.1 Å². The van der Waals surface area contributed by atoms with E-state index < -0.39 is 11.8 Å². The first kappa shape index (κ1) is 13.3. The molecule has 0 unspecified atom stereocenters. The first-order valence-electron chi connectivity index (χ1n) is 6.02. The summed E-state index contributed by atoms with van der Waals surface area (Å²) in [5.74, 6) is -0.812. The van der Waals surface area contributed by atoms with Gasteiger partial charge in [-0.05, 0) is 46.4 Å². The van der Waals surface area contributed by atoms with E-state index in [9.17, 15) is 9.59 Å². The van der Waals surface area contributed by atoms with Crippen molar-refractivity contribution in [2.45, 2.75) is 6.61 Å². The highest BCUT2D eigenvalue weighted by Crippen LogP contribution is 2.23. The SMILES string of the molecule is O=C1c2ccccc2C(=O)N1OCc1ccccc1I. The number of amides is 2. The molecule has 4 nitrogen and oxygen atoms in total. The van der Waals surface area contributed by atoms with Crippen LogP contribution in [-0.4, -0.2) is 16.9 Å². The Labute approximate surface area is 129 Å². The van der Waals surface area contributed by atoms with E-state index in [0.717, 1.165) is 14.2 Å². The van der Waals surface area contributed by atoms with Crippen molar-refractivity contribution in [1.82, 2.24) is 5.06 Å². The minimum Gasteiger partial charge on any atom is -0.266 e. The van der Waals surface area contributed by atoms with Crippen LogP contribution >= 0.6 is 22.6 Å². The summed E-state index contributed by atoms with van der Waals surface area (Å²) in [5, 5.41) is 0.841. The Kier molecular flexibility index (Phi) is 3.54. The van der Waals surface area contributed by atoms with E-state index in [-0.39, 0.29) is 6.61 Å². The average molecular weight is 379 g/mol. The summed E-state index contributed by atoms with van der Waals surface area (Å²) in [6.07, 6.45) is 0. The van der Waals surface area contributed by atoms with Gasteiger partial charge in [0.25, 0.3) is 11.8 Å². The highest BCUT2D eigenvalue weighted by Gasteiger charge is 2.36. The van der Waals surface area contributed by atoms with Crippen LogP contribution in [0.3, 0.4) is 0 Å². The second-order valence-electron chi connectivity index (χ2n) is 4.32. The summed E-state index contributed by atoms with van der Waals surface area (Å²) in [7, 11) is 0. The monoisotopic (exact) mass is 379 g/mol. The van der Waals surface area contributed by atoms with Gasteiger partial charge in [0.2, 0.25) is 0 Å². The molecule has 0 bridgehead atoms. The number of fused-ring (bicyclic) bond motifs is 1. The Morgan fingerprint density at radius 2 is 1.45 bits per heavy atom. The molecule has 0 aromatic heterocycles. The summed E-state index contributed by atoms with van der Waals surface area (Å²) >= 11 is 2.19. The van der Waals surface area contributed by atoms with Gasteiger partial charge in [-0.3, -0.25) is 14.4 Å². The van der Waals surface area contributed by atoms with E-state index >= 15 is 0 Å². The number of benzene rings is 2. The van der Waals surface area contributed by atoms with Crippen LogP contribution in [0.4, 0.5) is 0 Å². The third-order valence-electron chi connectivity index (χ3n) is 3.06. The second-order valence-corrected chi connectivity index (χ2v) is 5.48. The maximum absolute atomic E-state index is 12.1. The van der Waals surface area contributed by atoms with E-state index in [2.05, 4.69) is 22.6 Å². The lowest BCUT2D eigenvalue weighted by atomic mass is 10.1. The number of nitrogens with zero attached hydrogens (tertiary/aromatic N) is 1. The van der Waals surface area contributed by atoms with Crippen LogP contribution in [0, 0.1) is 3.57 Å². The Morgan fingerprint density at radius 3 is 2.05 bits per heavy atom. The lowest BCUT2D eigenvalue weighted by molar-refractivity contribution is -0.101. The van der Waals surface area contributed by atoms with Crippen molar-refractivity contribution in [2.24, 2.45) is 0 Å². The van der Waals surface area contributed by atoms with Crippen molar-refractivity contribution in [1.29, 1.82) is 0 Å². The Bertz CT molecular complexity index is 664. The van der Waals surface area contributed by atoms with E-state index in [1.165, 1.54) is 0 Å². The molecule has 1 aliphatic heterocycles. The molecule has 0 saturated carbocycles. The van der Waals surface area contributed by atoms with Gasteiger partial charge in [-0.1, -0.05) is 30.3 Å². The third kappa shape index (κ3) is 2.23. The average Bonchev–Trinajstić information content (AvgIpc) is 2.71. The number of hydrogen-bond acceptors (Lipinski definition) is 3. The van der Waals surface area contributed by atoms with Crippen molar-refractivity contribution in [2.75, 3.05) is 0 Å². The van der Waals surface area contributed by atoms with Crippen LogP contribution in [0.2, 0.25) is 0 Å². The molecule has 0 spiro atoms. The number of imide groups is 1. The number of carbonyl (C=O) groups is 2. The molecule has 2 aromatic rings. The molecule has 1 aliphatic rings. The molecule has 5 heteroatoms. The highest BCUT2D eigenvalue weighted by atomic mass is 127. The molecular weight excluding hydrogens is 369 g/mol. The van der Waals surface area contributed by atoms with Crippen LogP contribution in [0.1, 0.15) is 26.3 Å². The van der Waals surface area contributed by atoms with E-state index in [0.29, 0.717) is 11.1 Å². The number of halogens is 1. The maximum Gasteiger partial charge on any atom is 0.285 e. The highest BCUT2D eigenvalue weighted by molar-refractivity contribution is 14.1. The number of carbonyl (C=O) groups excluding carboxylic acids is 2. The van der Waals surface area contributed by atoms with E-state index in [4.69, 9.17) is 4.84 Å². The van der Waals surface area contributed by atoms with Gasteiger partial charge in [0, 0.05) is 3.57 Å². The minimum atomic E-state index is -0.406. The van der Waals surface area contributed by atoms with Gasteiger partial charge in [0.15, 0.2) is 0 Å². The van der Waals surface area contributed by atoms with Gasteiger partial charge >= 0.3 is 0 Å². The van der Waals surface area contributed by atoms with Crippen molar-refractivity contribution < 1.29 is 14.4 Å². The Hall–Kier alpha value is -1.73.